The molecule has 0 atom stereocenters. The lowest BCUT2D eigenvalue weighted by atomic mass is 10.2. The van der Waals surface area contributed by atoms with Crippen LogP contribution in [0, 0.1) is 6.92 Å². The van der Waals surface area contributed by atoms with Gasteiger partial charge in [0.25, 0.3) is 5.91 Å². The Kier molecular flexibility index (Phi) is 4.90. The average Bonchev–Trinajstić information content (AvgIpc) is 2.48. The summed E-state index contributed by atoms with van der Waals surface area (Å²) in [6.07, 6.45) is 2.93. The van der Waals surface area contributed by atoms with E-state index in [1.54, 1.807) is 36.5 Å². The largest absolute Gasteiger partial charge is 0.452 e. The Labute approximate surface area is 126 Å². The Balaban J connectivity index is 1.89. The van der Waals surface area contributed by atoms with Gasteiger partial charge in [-0.1, -0.05) is 11.6 Å². The number of aryl methyl sites for hydroxylation is 1. The molecule has 0 bridgehead atoms. The highest BCUT2D eigenvalue weighted by Gasteiger charge is 2.11. The highest BCUT2D eigenvalue weighted by atomic mass is 35.5. The van der Waals surface area contributed by atoms with E-state index in [0.717, 1.165) is 5.56 Å². The molecule has 0 fully saturated rings. The number of nitrogens with zero attached hydrogens (tertiary/aromatic N) is 1. The van der Waals surface area contributed by atoms with Crippen LogP contribution in [0.2, 0.25) is 5.02 Å². The molecule has 1 aromatic heterocycles. The van der Waals surface area contributed by atoms with Crippen LogP contribution >= 0.6 is 11.6 Å². The van der Waals surface area contributed by atoms with Crippen molar-refractivity contribution in [2.75, 3.05) is 11.9 Å². The van der Waals surface area contributed by atoms with Gasteiger partial charge in [-0.15, -0.1) is 0 Å². The van der Waals surface area contributed by atoms with Gasteiger partial charge in [0.05, 0.1) is 5.56 Å². The van der Waals surface area contributed by atoms with Gasteiger partial charge in [-0.05, 0) is 42.8 Å². The van der Waals surface area contributed by atoms with E-state index in [0.29, 0.717) is 16.3 Å². The van der Waals surface area contributed by atoms with Crippen molar-refractivity contribution >= 4 is 29.2 Å². The number of hydrogen-bond donors (Lipinski definition) is 1. The zero-order valence-electron chi connectivity index (χ0n) is 11.3. The quantitative estimate of drug-likeness (QED) is 0.882. The first-order valence-electron chi connectivity index (χ1n) is 6.19. The molecule has 0 unspecified atom stereocenters. The van der Waals surface area contributed by atoms with E-state index < -0.39 is 11.9 Å². The molecule has 1 aromatic carbocycles. The first-order chi connectivity index (χ1) is 10.1. The number of anilines is 1. The Hall–Kier alpha value is -2.40. The number of rotatable bonds is 4. The lowest BCUT2D eigenvalue weighted by molar-refractivity contribution is -0.119. The molecule has 1 N–H and O–H groups in total. The number of hydrogen-bond acceptors (Lipinski definition) is 4. The molecule has 2 aromatic rings. The van der Waals surface area contributed by atoms with E-state index in [4.69, 9.17) is 16.3 Å². The summed E-state index contributed by atoms with van der Waals surface area (Å²) in [5, 5.41) is 3.25. The number of pyridine rings is 1. The number of nitrogens with one attached hydrogen (secondary N) is 1. The Morgan fingerprint density at radius 2 is 2.14 bits per heavy atom. The summed E-state index contributed by atoms with van der Waals surface area (Å²) in [7, 11) is 0. The molecule has 0 aliphatic carbocycles. The zero-order chi connectivity index (χ0) is 15.2. The summed E-state index contributed by atoms with van der Waals surface area (Å²) in [6, 6.07) is 8.29. The van der Waals surface area contributed by atoms with E-state index in [1.807, 2.05) is 6.92 Å². The first-order valence-corrected chi connectivity index (χ1v) is 6.57. The van der Waals surface area contributed by atoms with Gasteiger partial charge in [-0.25, -0.2) is 4.79 Å². The van der Waals surface area contributed by atoms with Gasteiger partial charge in [-0.3, -0.25) is 9.78 Å². The van der Waals surface area contributed by atoms with Gasteiger partial charge >= 0.3 is 5.97 Å². The van der Waals surface area contributed by atoms with Crippen LogP contribution in [0.25, 0.3) is 0 Å². The predicted octanol–water partition coefficient (Wildman–Crippen LogP) is 2.84. The summed E-state index contributed by atoms with van der Waals surface area (Å²) in [6.45, 7) is 1.46. The van der Waals surface area contributed by atoms with Crippen LogP contribution in [0.5, 0.6) is 0 Å². The summed E-state index contributed by atoms with van der Waals surface area (Å²) in [5.41, 5.74) is 1.75. The summed E-state index contributed by atoms with van der Waals surface area (Å²) in [5.74, 6) is -1.01. The molecule has 108 valence electrons. The summed E-state index contributed by atoms with van der Waals surface area (Å²) < 4.78 is 4.91. The maximum absolute atomic E-state index is 11.7. The molecule has 21 heavy (non-hydrogen) atoms. The second-order valence-electron chi connectivity index (χ2n) is 4.33. The monoisotopic (exact) mass is 304 g/mol. The molecule has 1 heterocycles. The molecule has 0 spiro atoms. The molecule has 0 saturated heterocycles. The standard InChI is InChI=1S/C15H13ClN2O3/c1-10-7-12(16)4-5-13(10)18-14(19)9-21-15(20)11-3-2-6-17-8-11/h2-8H,9H2,1H3,(H,18,19). The molecule has 1 amide bonds. The highest BCUT2D eigenvalue weighted by molar-refractivity contribution is 6.30. The Morgan fingerprint density at radius 3 is 2.81 bits per heavy atom. The normalized spacial score (nSPS) is 10.0. The molecule has 0 aliphatic rings. The van der Waals surface area contributed by atoms with E-state index >= 15 is 0 Å². The van der Waals surface area contributed by atoms with E-state index in [2.05, 4.69) is 10.3 Å². The molecule has 2 rings (SSSR count). The minimum atomic E-state index is -0.592. The van der Waals surface area contributed by atoms with E-state index in [9.17, 15) is 9.59 Å². The number of aromatic nitrogens is 1. The van der Waals surface area contributed by atoms with Crippen LogP contribution < -0.4 is 5.32 Å². The third kappa shape index (κ3) is 4.29. The maximum atomic E-state index is 11.7. The molecular weight excluding hydrogens is 292 g/mol. The van der Waals surface area contributed by atoms with Crippen molar-refractivity contribution in [3.05, 3.63) is 58.9 Å². The lowest BCUT2D eigenvalue weighted by Crippen LogP contribution is -2.21. The fourth-order valence-electron chi connectivity index (χ4n) is 1.65. The van der Waals surface area contributed by atoms with Crippen LogP contribution in [0.3, 0.4) is 0 Å². The molecule has 0 radical (unpaired) electrons. The van der Waals surface area contributed by atoms with Crippen molar-refractivity contribution in [3.8, 4) is 0 Å². The van der Waals surface area contributed by atoms with Crippen LogP contribution in [0.4, 0.5) is 5.69 Å². The molecule has 6 heteroatoms. The fraction of sp³-hybridized carbons (Fsp3) is 0.133. The molecular formula is C15H13ClN2O3. The van der Waals surface area contributed by atoms with Crippen LogP contribution in [0.1, 0.15) is 15.9 Å². The molecule has 0 saturated carbocycles. The second kappa shape index (κ2) is 6.85. The maximum Gasteiger partial charge on any atom is 0.340 e. The van der Waals surface area contributed by atoms with Crippen molar-refractivity contribution in [3.63, 3.8) is 0 Å². The van der Waals surface area contributed by atoms with Gasteiger partial charge in [0.2, 0.25) is 0 Å². The fourth-order valence-corrected chi connectivity index (χ4v) is 1.88. The van der Waals surface area contributed by atoms with E-state index in [1.165, 1.54) is 6.20 Å². The summed E-state index contributed by atoms with van der Waals surface area (Å²) >= 11 is 5.84. The van der Waals surface area contributed by atoms with Crippen molar-refractivity contribution < 1.29 is 14.3 Å². The van der Waals surface area contributed by atoms with Crippen molar-refractivity contribution in [1.82, 2.24) is 4.98 Å². The smallest absolute Gasteiger partial charge is 0.340 e. The number of halogens is 1. The first kappa shape index (κ1) is 15.0. The topological polar surface area (TPSA) is 68.3 Å². The van der Waals surface area contributed by atoms with Gasteiger partial charge in [-0.2, -0.15) is 0 Å². The minimum absolute atomic E-state index is 0.299. The van der Waals surface area contributed by atoms with Crippen LogP contribution in [-0.4, -0.2) is 23.5 Å². The minimum Gasteiger partial charge on any atom is -0.452 e. The van der Waals surface area contributed by atoms with Crippen LogP contribution in [0.15, 0.2) is 42.7 Å². The highest BCUT2D eigenvalue weighted by Crippen LogP contribution is 2.19. The predicted molar refractivity (Wildman–Crippen MR) is 79.3 cm³/mol. The Bertz CT molecular complexity index is 659. The van der Waals surface area contributed by atoms with Gasteiger partial charge in [0.1, 0.15) is 0 Å². The second-order valence-corrected chi connectivity index (χ2v) is 4.76. The Morgan fingerprint density at radius 1 is 1.33 bits per heavy atom. The number of benzene rings is 1. The van der Waals surface area contributed by atoms with Crippen molar-refractivity contribution in [1.29, 1.82) is 0 Å². The zero-order valence-corrected chi connectivity index (χ0v) is 12.1. The number of esters is 1. The van der Waals surface area contributed by atoms with Gasteiger partial charge < -0.3 is 10.1 Å². The number of amides is 1. The number of carbonyl (C=O) groups is 2. The van der Waals surface area contributed by atoms with E-state index in [-0.39, 0.29) is 6.61 Å². The third-order valence-corrected chi connectivity index (χ3v) is 2.93. The SMILES string of the molecule is Cc1cc(Cl)ccc1NC(=O)COC(=O)c1cccnc1. The van der Waals surface area contributed by atoms with Crippen molar-refractivity contribution in [2.45, 2.75) is 6.92 Å². The number of carbonyl (C=O) groups excluding carboxylic acids is 2. The lowest BCUT2D eigenvalue weighted by Gasteiger charge is -2.09. The average molecular weight is 305 g/mol. The third-order valence-electron chi connectivity index (χ3n) is 2.69. The van der Waals surface area contributed by atoms with Gasteiger partial charge in [0.15, 0.2) is 6.61 Å². The summed E-state index contributed by atoms with van der Waals surface area (Å²) in [4.78, 5) is 27.2. The van der Waals surface area contributed by atoms with Crippen LogP contribution in [-0.2, 0) is 9.53 Å². The van der Waals surface area contributed by atoms with Crippen molar-refractivity contribution in [2.24, 2.45) is 0 Å². The molecule has 5 nitrogen and oxygen atoms in total. The number of ether oxygens (including phenoxy) is 1. The molecule has 0 aliphatic heterocycles. The van der Waals surface area contributed by atoms with Gasteiger partial charge in [0, 0.05) is 23.1 Å².